The third-order valence-corrected chi connectivity index (χ3v) is 4.60. The van der Waals surface area contributed by atoms with E-state index in [1.165, 1.54) is 18.7 Å². The van der Waals surface area contributed by atoms with Crippen LogP contribution in [0.25, 0.3) is 0 Å². The fraction of sp³-hybridized carbons (Fsp3) is 0.471. The Bertz CT molecular complexity index is 645. The van der Waals surface area contributed by atoms with Gasteiger partial charge in [0.25, 0.3) is 0 Å². The Morgan fingerprint density at radius 3 is 2.54 bits per heavy atom. The van der Waals surface area contributed by atoms with Gasteiger partial charge in [0.2, 0.25) is 5.82 Å². The Hall–Kier alpha value is -2.25. The van der Waals surface area contributed by atoms with Gasteiger partial charge in [-0.15, -0.1) is 5.10 Å². The molecule has 2 heterocycles. The molecule has 0 amide bonds. The molecule has 0 saturated carbocycles. The summed E-state index contributed by atoms with van der Waals surface area (Å²) in [6.45, 7) is 11.1. The molecule has 0 atom stereocenters. The standard InChI is InChI=1S/C17H24N6O/c1-3-8-21-9-11-22(12-10-21)14-17-18-19-20-23(17)13-15-4-6-16(24-2)7-5-15/h3-7H,1,8-14H2,2H3/p+2. The molecule has 1 aromatic heterocycles. The van der Waals surface area contributed by atoms with Crippen LogP contribution in [-0.4, -0.2) is 60.0 Å². The average molecular weight is 330 g/mol. The van der Waals surface area contributed by atoms with Gasteiger partial charge in [-0.2, -0.15) is 0 Å². The highest BCUT2D eigenvalue weighted by Crippen LogP contribution is 2.12. The maximum atomic E-state index is 5.20. The molecule has 3 rings (SSSR count). The zero-order chi connectivity index (χ0) is 16.8. The Labute approximate surface area is 142 Å². The van der Waals surface area contributed by atoms with Gasteiger partial charge in [0.15, 0.2) is 0 Å². The SMILES string of the molecule is C=CC[NH+]1CC[NH+](Cc2nnnn2Cc2ccc(OC)cc2)CC1. The lowest BCUT2D eigenvalue weighted by Crippen LogP contribution is -3.27. The quantitative estimate of drug-likeness (QED) is 0.588. The van der Waals surface area contributed by atoms with E-state index in [1.54, 1.807) is 16.9 Å². The van der Waals surface area contributed by atoms with Gasteiger partial charge in [0, 0.05) is 0 Å². The van der Waals surface area contributed by atoms with Crippen LogP contribution in [0.2, 0.25) is 0 Å². The monoisotopic (exact) mass is 330 g/mol. The summed E-state index contributed by atoms with van der Waals surface area (Å²) in [5, 5.41) is 12.3. The van der Waals surface area contributed by atoms with Crippen LogP contribution < -0.4 is 14.5 Å². The third-order valence-electron chi connectivity index (χ3n) is 4.60. The van der Waals surface area contributed by atoms with Crippen LogP contribution in [0.1, 0.15) is 11.4 Å². The molecule has 7 nitrogen and oxygen atoms in total. The molecule has 24 heavy (non-hydrogen) atoms. The maximum Gasteiger partial charge on any atom is 0.206 e. The average Bonchev–Trinajstić information content (AvgIpc) is 3.04. The Morgan fingerprint density at radius 2 is 1.88 bits per heavy atom. The van der Waals surface area contributed by atoms with Gasteiger partial charge < -0.3 is 14.5 Å². The van der Waals surface area contributed by atoms with Crippen LogP contribution in [0, 0.1) is 0 Å². The number of hydrogen-bond donors (Lipinski definition) is 2. The molecule has 0 bridgehead atoms. The van der Waals surface area contributed by atoms with Crippen LogP contribution in [0.3, 0.4) is 0 Å². The topological polar surface area (TPSA) is 61.7 Å². The third kappa shape index (κ3) is 4.18. The molecule has 1 aliphatic heterocycles. The summed E-state index contributed by atoms with van der Waals surface area (Å²) in [7, 11) is 1.67. The summed E-state index contributed by atoms with van der Waals surface area (Å²) in [6, 6.07) is 8.03. The molecule has 1 aromatic carbocycles. The van der Waals surface area contributed by atoms with Crippen LogP contribution in [-0.2, 0) is 13.1 Å². The van der Waals surface area contributed by atoms with Crippen molar-refractivity contribution in [3.05, 3.63) is 48.3 Å². The van der Waals surface area contributed by atoms with Crippen molar-refractivity contribution in [1.82, 2.24) is 20.2 Å². The molecule has 128 valence electrons. The molecule has 2 aromatic rings. The van der Waals surface area contributed by atoms with Crippen LogP contribution in [0.4, 0.5) is 0 Å². The number of tetrazole rings is 1. The number of quaternary nitrogens is 2. The van der Waals surface area contributed by atoms with Crippen molar-refractivity contribution in [1.29, 1.82) is 0 Å². The van der Waals surface area contributed by atoms with E-state index in [9.17, 15) is 0 Å². The van der Waals surface area contributed by atoms with Gasteiger partial charge in [0.05, 0.1) is 20.2 Å². The van der Waals surface area contributed by atoms with E-state index in [4.69, 9.17) is 4.74 Å². The molecule has 7 heteroatoms. The highest BCUT2D eigenvalue weighted by Gasteiger charge is 2.24. The Kier molecular flexibility index (Phi) is 5.55. The van der Waals surface area contributed by atoms with E-state index in [0.29, 0.717) is 6.54 Å². The van der Waals surface area contributed by atoms with Crippen molar-refractivity contribution < 1.29 is 14.5 Å². The van der Waals surface area contributed by atoms with E-state index in [1.807, 2.05) is 22.9 Å². The number of hydrogen-bond acceptors (Lipinski definition) is 4. The lowest BCUT2D eigenvalue weighted by molar-refractivity contribution is -1.02. The largest absolute Gasteiger partial charge is 0.497 e. The van der Waals surface area contributed by atoms with Gasteiger partial charge in [-0.25, -0.2) is 4.68 Å². The number of benzene rings is 1. The van der Waals surface area contributed by atoms with E-state index in [0.717, 1.165) is 37.8 Å². The first kappa shape index (κ1) is 16.6. The molecule has 0 unspecified atom stereocenters. The molecule has 0 aliphatic carbocycles. The first-order chi connectivity index (χ1) is 11.8. The van der Waals surface area contributed by atoms with Crippen LogP contribution in [0.15, 0.2) is 36.9 Å². The first-order valence-electron chi connectivity index (χ1n) is 8.44. The fourth-order valence-corrected chi connectivity index (χ4v) is 3.14. The minimum atomic E-state index is 0.688. The number of ether oxygens (including phenoxy) is 1. The summed E-state index contributed by atoms with van der Waals surface area (Å²) in [6.07, 6.45) is 2.01. The Morgan fingerprint density at radius 1 is 1.17 bits per heavy atom. The number of rotatable bonds is 7. The minimum absolute atomic E-state index is 0.688. The van der Waals surface area contributed by atoms with Crippen molar-refractivity contribution in [2.75, 3.05) is 39.8 Å². The van der Waals surface area contributed by atoms with E-state index < -0.39 is 0 Å². The van der Waals surface area contributed by atoms with Crippen molar-refractivity contribution >= 4 is 0 Å². The summed E-state index contributed by atoms with van der Waals surface area (Å²) < 4.78 is 7.10. The van der Waals surface area contributed by atoms with Gasteiger partial charge >= 0.3 is 0 Å². The zero-order valence-electron chi connectivity index (χ0n) is 14.2. The van der Waals surface area contributed by atoms with Crippen molar-refractivity contribution in [2.24, 2.45) is 0 Å². The fourth-order valence-electron chi connectivity index (χ4n) is 3.14. The second kappa shape index (κ2) is 8.03. The van der Waals surface area contributed by atoms with Gasteiger partial charge in [-0.1, -0.05) is 18.7 Å². The lowest BCUT2D eigenvalue weighted by Gasteiger charge is -2.28. The highest BCUT2D eigenvalue weighted by molar-refractivity contribution is 5.27. The van der Waals surface area contributed by atoms with Crippen molar-refractivity contribution in [2.45, 2.75) is 13.1 Å². The van der Waals surface area contributed by atoms with Crippen molar-refractivity contribution in [3.63, 3.8) is 0 Å². The minimum Gasteiger partial charge on any atom is -0.497 e. The van der Waals surface area contributed by atoms with Gasteiger partial charge in [0.1, 0.15) is 38.5 Å². The van der Waals surface area contributed by atoms with Crippen molar-refractivity contribution in [3.8, 4) is 5.75 Å². The zero-order valence-corrected chi connectivity index (χ0v) is 14.2. The smallest absolute Gasteiger partial charge is 0.206 e. The number of methoxy groups -OCH3 is 1. The number of nitrogens with zero attached hydrogens (tertiary/aromatic N) is 4. The second-order valence-corrected chi connectivity index (χ2v) is 6.27. The van der Waals surface area contributed by atoms with E-state index in [-0.39, 0.29) is 0 Å². The Balaban J connectivity index is 1.58. The molecular weight excluding hydrogens is 304 g/mol. The summed E-state index contributed by atoms with van der Waals surface area (Å²) in [4.78, 5) is 3.17. The normalized spacial score (nSPS) is 20.7. The second-order valence-electron chi connectivity index (χ2n) is 6.27. The van der Waals surface area contributed by atoms with Crippen LogP contribution in [0.5, 0.6) is 5.75 Å². The van der Waals surface area contributed by atoms with Crippen LogP contribution >= 0.6 is 0 Å². The molecular formula is C17H26N6O+2. The number of nitrogens with one attached hydrogen (secondary N) is 2. The number of aromatic nitrogens is 4. The van der Waals surface area contributed by atoms with Gasteiger partial charge in [-0.05, 0) is 34.2 Å². The molecule has 0 radical (unpaired) electrons. The van der Waals surface area contributed by atoms with E-state index in [2.05, 4.69) is 34.2 Å². The molecule has 1 fully saturated rings. The summed E-state index contributed by atoms with van der Waals surface area (Å²) >= 11 is 0. The molecule has 1 aliphatic rings. The molecule has 0 spiro atoms. The summed E-state index contributed by atoms with van der Waals surface area (Å²) in [5.41, 5.74) is 1.17. The first-order valence-corrected chi connectivity index (χ1v) is 8.44. The number of piperazine rings is 1. The maximum absolute atomic E-state index is 5.20. The molecule has 2 N–H and O–H groups in total. The van der Waals surface area contributed by atoms with Gasteiger partial charge in [-0.3, -0.25) is 0 Å². The predicted molar refractivity (Wildman–Crippen MR) is 90.1 cm³/mol. The molecule has 1 saturated heterocycles. The predicted octanol–water partition coefficient (Wildman–Crippen LogP) is -1.80. The highest BCUT2D eigenvalue weighted by atomic mass is 16.5. The van der Waals surface area contributed by atoms with E-state index >= 15 is 0 Å². The summed E-state index contributed by atoms with van der Waals surface area (Å²) in [5.74, 6) is 1.81. The lowest BCUT2D eigenvalue weighted by atomic mass is 10.2.